The monoisotopic (exact) mass is 507 g/mol. The van der Waals surface area contributed by atoms with Crippen molar-refractivity contribution in [2.75, 3.05) is 40.5 Å². The first kappa shape index (κ1) is 29.4. The number of ether oxygens (including phenoxy) is 3. The lowest BCUT2D eigenvalue weighted by molar-refractivity contribution is -0.0482. The van der Waals surface area contributed by atoms with E-state index in [4.69, 9.17) is 30.9 Å². The zero-order valence-electron chi connectivity index (χ0n) is 22.8. The van der Waals surface area contributed by atoms with Gasteiger partial charge in [-0.1, -0.05) is 27.7 Å². The molecule has 8 nitrogen and oxygen atoms in total. The van der Waals surface area contributed by atoms with Crippen molar-refractivity contribution in [3.8, 4) is 17.2 Å². The number of aromatic hydroxyl groups is 1. The molecule has 0 radical (unpaired) electrons. The third kappa shape index (κ3) is 6.89. The minimum absolute atomic E-state index is 0.0135. The lowest BCUT2D eigenvalue weighted by Gasteiger charge is -2.37. The van der Waals surface area contributed by atoms with Crippen LogP contribution >= 0.6 is 0 Å². The third-order valence-corrected chi connectivity index (χ3v) is 13.0. The number of nitrogens with two attached hydrogens (primary N) is 1. The first-order chi connectivity index (χ1) is 16.5. The molecule has 2 rings (SSSR count). The maximum Gasteiger partial charge on any atom is 0.295 e. The van der Waals surface area contributed by atoms with E-state index in [0.29, 0.717) is 60.9 Å². The fraction of sp³-hybridized carbons (Fsp3) is 0.731. The molecule has 3 atom stereocenters. The molecule has 1 aromatic rings. The largest absolute Gasteiger partial charge is 0.504 e. The summed E-state index contributed by atoms with van der Waals surface area (Å²) >= 11 is 0. The van der Waals surface area contributed by atoms with E-state index in [2.05, 4.69) is 44.0 Å². The van der Waals surface area contributed by atoms with Crippen LogP contribution in [-0.2, 0) is 15.6 Å². The average molecular weight is 508 g/mol. The van der Waals surface area contributed by atoms with E-state index in [0.717, 1.165) is 12.0 Å². The Kier molecular flexibility index (Phi) is 10.9. The van der Waals surface area contributed by atoms with Gasteiger partial charge in [0.25, 0.3) is 6.17 Å². The number of benzene rings is 1. The molecule has 1 fully saturated rings. The maximum atomic E-state index is 10.4. The van der Waals surface area contributed by atoms with Crippen LogP contribution in [0.4, 0.5) is 0 Å². The van der Waals surface area contributed by atoms with Gasteiger partial charge in [-0.15, -0.1) is 0 Å². The molecule has 2 unspecified atom stereocenters. The fourth-order valence-corrected chi connectivity index (χ4v) is 7.46. The van der Waals surface area contributed by atoms with Crippen molar-refractivity contribution in [1.29, 1.82) is 0 Å². The first-order valence-corrected chi connectivity index (χ1v) is 15.1. The Morgan fingerprint density at radius 3 is 2.40 bits per heavy atom. The van der Waals surface area contributed by atoms with Gasteiger partial charge in [-0.2, -0.15) is 0 Å². The van der Waals surface area contributed by atoms with E-state index >= 15 is 0 Å². The number of phenolic OH excluding ortho intramolecular Hbond substituents is 1. The third-order valence-electron chi connectivity index (χ3n) is 7.59. The number of morpholine rings is 1. The predicted octanol–water partition coefficient (Wildman–Crippen LogP) is 4.34. The zero-order valence-corrected chi connectivity index (χ0v) is 23.8. The highest BCUT2D eigenvalue weighted by molar-refractivity contribution is 6.75. The van der Waals surface area contributed by atoms with Crippen LogP contribution in [0.25, 0.3) is 4.85 Å². The maximum absolute atomic E-state index is 10.4. The minimum atomic E-state index is -1.80. The van der Waals surface area contributed by atoms with Crippen LogP contribution in [0.1, 0.15) is 45.2 Å². The van der Waals surface area contributed by atoms with E-state index in [1.165, 1.54) is 7.11 Å². The van der Waals surface area contributed by atoms with Crippen molar-refractivity contribution in [2.45, 2.75) is 83.4 Å². The number of nitrogens with zero attached hydrogens (tertiary/aromatic N) is 2. The van der Waals surface area contributed by atoms with Crippen molar-refractivity contribution < 1.29 is 23.7 Å². The summed E-state index contributed by atoms with van der Waals surface area (Å²) in [6.45, 7) is 23.6. The number of methoxy groups -OCH3 is 2. The molecule has 0 saturated carbocycles. The molecular formula is C26H45N3O5Si. The highest BCUT2D eigenvalue weighted by Gasteiger charge is 2.38. The van der Waals surface area contributed by atoms with Gasteiger partial charge in [-0.05, 0) is 37.0 Å². The van der Waals surface area contributed by atoms with E-state index in [9.17, 15) is 5.11 Å². The first-order valence-electron chi connectivity index (χ1n) is 12.5. The van der Waals surface area contributed by atoms with Crippen molar-refractivity contribution >= 4 is 8.32 Å². The molecule has 0 aliphatic carbocycles. The SMILES string of the molecule is [C-]#[N+]C(C(N)Cc1cc(O)c(OC)c(C)c1OC)N1CCO[C@@H](CCO[Si](C)(C(C)C)C(C)C)C1. The lowest BCUT2D eigenvalue weighted by atomic mass is 9.99. The number of phenols is 1. The van der Waals surface area contributed by atoms with Gasteiger partial charge in [-0.25, -0.2) is 11.5 Å². The van der Waals surface area contributed by atoms with Crippen LogP contribution < -0.4 is 15.2 Å². The van der Waals surface area contributed by atoms with Gasteiger partial charge in [-0.3, -0.25) is 4.85 Å². The smallest absolute Gasteiger partial charge is 0.295 e. The standard InChI is InChI=1S/C26H45N3O5Si/c1-17(2)35(9,18(3)4)34-12-10-21-16-29(11-13-33-21)26(28-6)22(27)14-20-15-23(30)25(32-8)19(5)24(20)31-7/h15,17-18,21-22,26,30H,10-14,16,27H2,1-5,7-9H3/t21-,22?,26?/m0/s1. The number of hydrogen-bond acceptors (Lipinski definition) is 7. The number of hydrogen-bond donors (Lipinski definition) is 2. The van der Waals surface area contributed by atoms with Gasteiger partial charge in [0.05, 0.1) is 26.9 Å². The summed E-state index contributed by atoms with van der Waals surface area (Å²) in [4.78, 5) is 6.01. The molecule has 0 bridgehead atoms. The molecule has 9 heteroatoms. The Bertz CT molecular complexity index is 866. The average Bonchev–Trinajstić information content (AvgIpc) is 2.79. The van der Waals surface area contributed by atoms with Crippen LogP contribution in [-0.4, -0.2) is 77.2 Å². The molecule has 1 aromatic carbocycles. The summed E-state index contributed by atoms with van der Waals surface area (Å²) in [5, 5.41) is 10.4. The van der Waals surface area contributed by atoms with E-state index < -0.39 is 20.5 Å². The fourth-order valence-electron chi connectivity index (χ4n) is 4.90. The molecule has 1 heterocycles. The molecule has 1 saturated heterocycles. The lowest BCUT2D eigenvalue weighted by Crippen LogP contribution is -2.53. The molecule has 198 valence electrons. The highest BCUT2D eigenvalue weighted by atomic mass is 28.4. The van der Waals surface area contributed by atoms with Crippen LogP contribution in [0.2, 0.25) is 17.6 Å². The van der Waals surface area contributed by atoms with Crippen molar-refractivity contribution in [2.24, 2.45) is 5.73 Å². The summed E-state index contributed by atoms with van der Waals surface area (Å²) in [5.41, 5.74) is 9.14. The van der Waals surface area contributed by atoms with E-state index in [1.807, 2.05) is 6.92 Å². The second-order valence-electron chi connectivity index (χ2n) is 10.3. The van der Waals surface area contributed by atoms with Crippen LogP contribution in [0, 0.1) is 13.5 Å². The molecular weight excluding hydrogens is 462 g/mol. The molecule has 35 heavy (non-hydrogen) atoms. The summed E-state index contributed by atoms with van der Waals surface area (Å²) in [6, 6.07) is 1.16. The quantitative estimate of drug-likeness (QED) is 0.321. The second kappa shape index (κ2) is 12.9. The summed E-state index contributed by atoms with van der Waals surface area (Å²) < 4.78 is 23.4. The van der Waals surface area contributed by atoms with Crippen LogP contribution in [0.5, 0.6) is 17.2 Å². The molecule has 1 aliphatic heterocycles. The van der Waals surface area contributed by atoms with E-state index in [-0.39, 0.29) is 11.9 Å². The van der Waals surface area contributed by atoms with Crippen molar-refractivity contribution in [3.63, 3.8) is 0 Å². The summed E-state index contributed by atoms with van der Waals surface area (Å²) in [7, 11) is 1.29. The Morgan fingerprint density at radius 1 is 1.23 bits per heavy atom. The number of rotatable bonds is 12. The van der Waals surface area contributed by atoms with Gasteiger partial charge < -0.3 is 29.5 Å². The normalized spacial score (nSPS) is 19.0. The predicted molar refractivity (Wildman–Crippen MR) is 142 cm³/mol. The van der Waals surface area contributed by atoms with E-state index in [1.54, 1.807) is 13.2 Å². The topological polar surface area (TPSA) is 90.8 Å². The van der Waals surface area contributed by atoms with Crippen LogP contribution in [0.15, 0.2) is 6.07 Å². The Balaban J connectivity index is 2.06. The second-order valence-corrected chi connectivity index (χ2v) is 15.2. The highest BCUT2D eigenvalue weighted by Crippen LogP contribution is 2.39. The Labute approximate surface area is 212 Å². The van der Waals surface area contributed by atoms with Gasteiger partial charge in [0.2, 0.25) is 0 Å². The van der Waals surface area contributed by atoms with Crippen LogP contribution in [0.3, 0.4) is 0 Å². The molecule has 1 aliphatic rings. The Hall–Kier alpha value is -1.83. The van der Waals surface area contributed by atoms with Crippen molar-refractivity contribution in [3.05, 3.63) is 28.6 Å². The summed E-state index contributed by atoms with van der Waals surface area (Å²) in [5.74, 6) is 1.05. The van der Waals surface area contributed by atoms with Gasteiger partial charge >= 0.3 is 0 Å². The van der Waals surface area contributed by atoms with Gasteiger partial charge in [0.15, 0.2) is 19.8 Å². The van der Waals surface area contributed by atoms with Gasteiger partial charge in [0, 0.05) is 37.2 Å². The van der Waals surface area contributed by atoms with Crippen molar-refractivity contribution in [1.82, 2.24) is 4.90 Å². The zero-order chi connectivity index (χ0) is 26.3. The Morgan fingerprint density at radius 2 is 1.86 bits per heavy atom. The van der Waals surface area contributed by atoms with Gasteiger partial charge in [0.1, 0.15) is 11.8 Å². The molecule has 3 N–H and O–H groups in total. The summed E-state index contributed by atoms with van der Waals surface area (Å²) in [6.07, 6.45) is 0.715. The molecule has 0 aromatic heterocycles. The minimum Gasteiger partial charge on any atom is -0.504 e. The molecule has 0 amide bonds. The molecule has 0 spiro atoms.